The van der Waals surface area contributed by atoms with E-state index in [2.05, 4.69) is 20.3 Å². The highest BCUT2D eigenvalue weighted by atomic mass is 32.1. The Bertz CT molecular complexity index is 787. The van der Waals surface area contributed by atoms with Gasteiger partial charge in [-0.25, -0.2) is 15.0 Å². The van der Waals surface area contributed by atoms with Gasteiger partial charge in [0.05, 0.1) is 15.7 Å². The molecular weight excluding hydrogens is 258 g/mol. The van der Waals surface area contributed by atoms with Crippen LogP contribution in [0.3, 0.4) is 0 Å². The Morgan fingerprint density at radius 3 is 3.00 bits per heavy atom. The lowest BCUT2D eigenvalue weighted by Crippen LogP contribution is -2.00. The first-order chi connectivity index (χ1) is 9.24. The largest absolute Gasteiger partial charge is 0.324 e. The number of nitrogens with one attached hydrogen (secondary N) is 1. The number of rotatable bonds is 2. The van der Waals surface area contributed by atoms with E-state index in [1.165, 1.54) is 0 Å². The van der Waals surface area contributed by atoms with E-state index in [4.69, 9.17) is 5.26 Å². The minimum absolute atomic E-state index is 0.355. The summed E-state index contributed by atoms with van der Waals surface area (Å²) < 4.78 is 1.10. The van der Waals surface area contributed by atoms with Gasteiger partial charge in [-0.05, 0) is 31.2 Å². The van der Waals surface area contributed by atoms with Crippen molar-refractivity contribution in [1.29, 1.82) is 5.26 Å². The van der Waals surface area contributed by atoms with E-state index in [0.717, 1.165) is 21.6 Å². The van der Waals surface area contributed by atoms with Crippen molar-refractivity contribution in [2.45, 2.75) is 6.92 Å². The third kappa shape index (κ3) is 2.37. The van der Waals surface area contributed by atoms with E-state index in [0.29, 0.717) is 11.6 Å². The van der Waals surface area contributed by atoms with Crippen molar-refractivity contribution in [1.82, 2.24) is 15.0 Å². The van der Waals surface area contributed by atoms with E-state index in [9.17, 15) is 0 Å². The number of nitrogens with zero attached hydrogens (tertiary/aromatic N) is 4. The highest BCUT2D eigenvalue weighted by Gasteiger charge is 2.04. The van der Waals surface area contributed by atoms with Crippen LogP contribution in [-0.2, 0) is 0 Å². The molecule has 2 aromatic heterocycles. The summed E-state index contributed by atoms with van der Waals surface area (Å²) in [5, 5.41) is 12.0. The van der Waals surface area contributed by atoms with E-state index in [-0.39, 0.29) is 0 Å². The molecule has 0 saturated carbocycles. The Kier molecular flexibility index (Phi) is 2.82. The fourth-order valence-electron chi connectivity index (χ4n) is 1.74. The molecule has 1 aromatic carbocycles. The number of benzene rings is 1. The minimum atomic E-state index is 0.355. The summed E-state index contributed by atoms with van der Waals surface area (Å²) >= 11 is 1.58. The number of thiazole rings is 1. The van der Waals surface area contributed by atoms with Crippen molar-refractivity contribution in [2.75, 3.05) is 5.32 Å². The summed E-state index contributed by atoms with van der Waals surface area (Å²) in [6, 6.07) is 9.52. The number of hydrogen-bond donors (Lipinski definition) is 1. The Morgan fingerprint density at radius 2 is 2.16 bits per heavy atom. The number of aryl methyl sites for hydroxylation is 1. The van der Waals surface area contributed by atoms with Crippen LogP contribution in [0.25, 0.3) is 10.2 Å². The van der Waals surface area contributed by atoms with Crippen molar-refractivity contribution in [3.8, 4) is 6.07 Å². The maximum atomic E-state index is 8.89. The number of anilines is 2. The van der Waals surface area contributed by atoms with E-state index < -0.39 is 0 Å². The van der Waals surface area contributed by atoms with Crippen molar-refractivity contribution >= 4 is 33.2 Å². The van der Waals surface area contributed by atoms with Crippen LogP contribution in [0.4, 0.5) is 11.6 Å². The monoisotopic (exact) mass is 267 g/mol. The van der Waals surface area contributed by atoms with Gasteiger partial charge in [0, 0.05) is 11.4 Å². The molecular formula is C13H9N5S. The number of hydrogen-bond acceptors (Lipinski definition) is 6. The van der Waals surface area contributed by atoms with Crippen LogP contribution in [0.1, 0.15) is 11.4 Å². The first kappa shape index (κ1) is 11.6. The van der Waals surface area contributed by atoms with Gasteiger partial charge in [0.15, 0.2) is 0 Å². The summed E-state index contributed by atoms with van der Waals surface area (Å²) in [7, 11) is 0. The van der Waals surface area contributed by atoms with Gasteiger partial charge in [-0.2, -0.15) is 5.26 Å². The molecule has 0 aliphatic heterocycles. The molecule has 0 amide bonds. The molecule has 0 bridgehead atoms. The Hall–Kier alpha value is -2.52. The zero-order valence-electron chi connectivity index (χ0n) is 10.1. The molecule has 19 heavy (non-hydrogen) atoms. The van der Waals surface area contributed by atoms with Gasteiger partial charge in [0.1, 0.15) is 11.8 Å². The lowest BCUT2D eigenvalue weighted by Gasteiger charge is -2.05. The lowest BCUT2D eigenvalue weighted by molar-refractivity contribution is 1.09. The molecule has 0 aliphatic carbocycles. The average Bonchev–Trinajstić information content (AvgIpc) is 2.85. The van der Waals surface area contributed by atoms with E-state index in [1.54, 1.807) is 17.4 Å². The highest BCUT2D eigenvalue weighted by molar-refractivity contribution is 7.16. The number of aromatic nitrogens is 3. The second-order valence-corrected chi connectivity index (χ2v) is 4.88. The van der Waals surface area contributed by atoms with E-state index in [1.807, 2.05) is 36.7 Å². The zero-order valence-corrected chi connectivity index (χ0v) is 10.9. The molecule has 0 spiro atoms. The van der Waals surface area contributed by atoms with Crippen molar-refractivity contribution in [3.63, 3.8) is 0 Å². The third-order valence-corrected chi connectivity index (χ3v) is 3.35. The lowest BCUT2D eigenvalue weighted by atomic mass is 10.3. The summed E-state index contributed by atoms with van der Waals surface area (Å²) in [6.07, 6.45) is 0. The summed E-state index contributed by atoms with van der Waals surface area (Å²) in [4.78, 5) is 12.6. The van der Waals surface area contributed by atoms with Crippen LogP contribution in [-0.4, -0.2) is 15.0 Å². The topological polar surface area (TPSA) is 74.5 Å². The molecule has 3 rings (SSSR count). The molecule has 0 saturated heterocycles. The molecule has 0 aliphatic rings. The molecule has 1 N–H and O–H groups in total. The maximum Gasteiger partial charge on any atom is 0.228 e. The van der Waals surface area contributed by atoms with Crippen LogP contribution in [0, 0.1) is 18.3 Å². The molecule has 2 heterocycles. The molecule has 6 heteroatoms. The van der Waals surface area contributed by atoms with Gasteiger partial charge in [0.25, 0.3) is 0 Å². The predicted octanol–water partition coefficient (Wildman–Crippen LogP) is 3.01. The van der Waals surface area contributed by atoms with Crippen LogP contribution >= 0.6 is 11.3 Å². The average molecular weight is 267 g/mol. The third-order valence-electron chi connectivity index (χ3n) is 2.56. The Morgan fingerprint density at radius 1 is 1.26 bits per heavy atom. The minimum Gasteiger partial charge on any atom is -0.324 e. The van der Waals surface area contributed by atoms with Crippen LogP contribution in [0.15, 0.2) is 29.8 Å². The quantitative estimate of drug-likeness (QED) is 0.772. The van der Waals surface area contributed by atoms with Crippen LogP contribution in [0.5, 0.6) is 0 Å². The van der Waals surface area contributed by atoms with Crippen molar-refractivity contribution in [2.24, 2.45) is 0 Å². The fraction of sp³-hybridized carbons (Fsp3) is 0.0769. The fourth-order valence-corrected chi connectivity index (χ4v) is 2.46. The van der Waals surface area contributed by atoms with Gasteiger partial charge in [-0.1, -0.05) is 0 Å². The Labute approximate surface area is 113 Å². The van der Waals surface area contributed by atoms with E-state index >= 15 is 0 Å². The highest BCUT2D eigenvalue weighted by Crippen LogP contribution is 2.23. The molecule has 0 fully saturated rings. The van der Waals surface area contributed by atoms with Crippen LogP contribution < -0.4 is 5.32 Å². The summed E-state index contributed by atoms with van der Waals surface area (Å²) in [5.41, 5.74) is 4.78. The van der Waals surface area contributed by atoms with Crippen molar-refractivity contribution in [3.05, 3.63) is 41.2 Å². The zero-order chi connectivity index (χ0) is 13.2. The number of nitriles is 1. The molecule has 3 aromatic rings. The first-order valence-electron chi connectivity index (χ1n) is 5.61. The van der Waals surface area contributed by atoms with Crippen molar-refractivity contribution < 1.29 is 0 Å². The van der Waals surface area contributed by atoms with Gasteiger partial charge < -0.3 is 5.32 Å². The molecule has 0 radical (unpaired) electrons. The van der Waals surface area contributed by atoms with Gasteiger partial charge in [-0.15, -0.1) is 11.3 Å². The van der Waals surface area contributed by atoms with Gasteiger partial charge >= 0.3 is 0 Å². The normalized spacial score (nSPS) is 10.3. The number of fused-ring (bicyclic) bond motifs is 1. The smallest absolute Gasteiger partial charge is 0.228 e. The summed E-state index contributed by atoms with van der Waals surface area (Å²) in [6.45, 7) is 1.83. The Balaban J connectivity index is 1.96. The van der Waals surface area contributed by atoms with Crippen LogP contribution in [0.2, 0.25) is 0 Å². The van der Waals surface area contributed by atoms with Gasteiger partial charge in [-0.3, -0.25) is 0 Å². The summed E-state index contributed by atoms with van der Waals surface area (Å²) in [5.74, 6) is 0.431. The maximum absolute atomic E-state index is 8.89. The molecule has 0 atom stereocenters. The molecule has 92 valence electrons. The molecule has 5 nitrogen and oxygen atoms in total. The predicted molar refractivity (Wildman–Crippen MR) is 74.4 cm³/mol. The molecule has 0 unspecified atom stereocenters. The SMILES string of the molecule is Cc1cc(C#N)nc(Nc2ccc3ncsc3c2)n1. The standard InChI is InChI=1S/C13H9N5S/c1-8-4-10(6-14)18-13(16-8)17-9-2-3-11-12(5-9)19-7-15-11/h2-5,7H,1H3,(H,16,17,18). The second kappa shape index (κ2) is 4.63. The second-order valence-electron chi connectivity index (χ2n) is 3.99. The first-order valence-corrected chi connectivity index (χ1v) is 6.48. The van der Waals surface area contributed by atoms with Gasteiger partial charge in [0.2, 0.25) is 5.95 Å².